The normalized spacial score (nSPS) is 17.4. The topological polar surface area (TPSA) is 32.3 Å². The molecule has 0 spiro atoms. The van der Waals surface area contributed by atoms with Crippen LogP contribution >= 0.6 is 0 Å². The summed E-state index contributed by atoms with van der Waals surface area (Å²) in [4.78, 5) is 0. The zero-order valence-corrected chi connectivity index (χ0v) is 9.95. The fourth-order valence-corrected chi connectivity index (χ4v) is 2.07. The molecule has 1 fully saturated rings. The fraction of sp³-hybridized carbons (Fsp3) is 0.571. The average molecular weight is 219 g/mol. The molecule has 1 aromatic carbocycles. The summed E-state index contributed by atoms with van der Waals surface area (Å²) < 4.78 is 0. The van der Waals surface area contributed by atoms with Crippen LogP contribution in [0.2, 0.25) is 0 Å². The Morgan fingerprint density at radius 1 is 1.38 bits per heavy atom. The minimum absolute atomic E-state index is 0.262. The van der Waals surface area contributed by atoms with E-state index < -0.39 is 0 Å². The van der Waals surface area contributed by atoms with Gasteiger partial charge in [-0.15, -0.1) is 0 Å². The minimum atomic E-state index is 0.262. The van der Waals surface area contributed by atoms with E-state index in [2.05, 4.69) is 36.5 Å². The highest BCUT2D eigenvalue weighted by Gasteiger charge is 2.25. The summed E-state index contributed by atoms with van der Waals surface area (Å²) >= 11 is 0. The predicted molar refractivity (Wildman–Crippen MR) is 66.4 cm³/mol. The molecule has 1 saturated carbocycles. The van der Waals surface area contributed by atoms with Crippen molar-refractivity contribution in [2.75, 3.05) is 6.61 Å². The second kappa shape index (κ2) is 5.46. The Balaban J connectivity index is 1.93. The number of aliphatic hydroxyl groups excluding tert-OH is 1. The van der Waals surface area contributed by atoms with Gasteiger partial charge in [0.05, 0.1) is 0 Å². The summed E-state index contributed by atoms with van der Waals surface area (Å²) in [7, 11) is 0. The largest absolute Gasteiger partial charge is 0.396 e. The van der Waals surface area contributed by atoms with Crippen LogP contribution in [0.25, 0.3) is 0 Å². The maximum Gasteiger partial charge on any atom is 0.0445 e. The van der Waals surface area contributed by atoms with Crippen LogP contribution < -0.4 is 5.32 Å². The molecule has 1 aliphatic rings. The molecule has 0 saturated heterocycles. The van der Waals surface area contributed by atoms with Crippen molar-refractivity contribution in [2.45, 2.75) is 44.7 Å². The Hall–Kier alpha value is -0.860. The fourth-order valence-electron chi connectivity index (χ4n) is 2.07. The zero-order chi connectivity index (χ0) is 11.4. The SMILES string of the molecule is C[C@H](CCO)NCc1ccccc1C1CC1. The highest BCUT2D eigenvalue weighted by molar-refractivity contribution is 5.33. The molecule has 0 unspecified atom stereocenters. The molecule has 16 heavy (non-hydrogen) atoms. The molecule has 0 heterocycles. The average Bonchev–Trinajstić information content (AvgIpc) is 3.11. The van der Waals surface area contributed by atoms with Gasteiger partial charge in [0.25, 0.3) is 0 Å². The summed E-state index contributed by atoms with van der Waals surface area (Å²) in [5, 5.41) is 12.3. The van der Waals surface area contributed by atoms with Crippen molar-refractivity contribution in [3.8, 4) is 0 Å². The molecule has 0 bridgehead atoms. The first-order chi connectivity index (χ1) is 7.81. The van der Waals surface area contributed by atoms with Crippen LogP contribution in [0.15, 0.2) is 24.3 Å². The third-order valence-corrected chi connectivity index (χ3v) is 3.28. The number of benzene rings is 1. The molecule has 0 radical (unpaired) electrons. The monoisotopic (exact) mass is 219 g/mol. The summed E-state index contributed by atoms with van der Waals surface area (Å²) in [5.41, 5.74) is 2.95. The molecule has 1 aliphatic carbocycles. The van der Waals surface area contributed by atoms with E-state index >= 15 is 0 Å². The lowest BCUT2D eigenvalue weighted by Crippen LogP contribution is -2.26. The Morgan fingerprint density at radius 3 is 2.81 bits per heavy atom. The predicted octanol–water partition coefficient (Wildman–Crippen LogP) is 2.42. The van der Waals surface area contributed by atoms with Crippen molar-refractivity contribution in [2.24, 2.45) is 0 Å². The number of rotatable bonds is 6. The quantitative estimate of drug-likeness (QED) is 0.770. The number of nitrogens with one attached hydrogen (secondary N) is 1. The standard InChI is InChI=1S/C14H21NO/c1-11(8-9-16)15-10-13-4-2-3-5-14(13)12-6-7-12/h2-5,11-12,15-16H,6-10H2,1H3/t11-/m1/s1. The minimum Gasteiger partial charge on any atom is -0.396 e. The van der Waals surface area contributed by atoms with E-state index in [-0.39, 0.29) is 6.61 Å². The Kier molecular flexibility index (Phi) is 3.97. The third kappa shape index (κ3) is 3.06. The van der Waals surface area contributed by atoms with Gasteiger partial charge in [-0.1, -0.05) is 24.3 Å². The van der Waals surface area contributed by atoms with Crippen LogP contribution in [-0.4, -0.2) is 17.8 Å². The Bertz CT molecular complexity index is 333. The highest BCUT2D eigenvalue weighted by Crippen LogP contribution is 2.41. The Labute approximate surface area is 97.7 Å². The lowest BCUT2D eigenvalue weighted by molar-refractivity contribution is 0.268. The van der Waals surface area contributed by atoms with Gasteiger partial charge in [-0.3, -0.25) is 0 Å². The second-order valence-electron chi connectivity index (χ2n) is 4.77. The molecule has 0 aliphatic heterocycles. The van der Waals surface area contributed by atoms with E-state index in [0.717, 1.165) is 18.9 Å². The number of hydrogen-bond donors (Lipinski definition) is 2. The Morgan fingerprint density at radius 2 is 2.12 bits per heavy atom. The maximum absolute atomic E-state index is 8.85. The molecule has 2 heteroatoms. The van der Waals surface area contributed by atoms with Gasteiger partial charge in [-0.05, 0) is 43.2 Å². The van der Waals surface area contributed by atoms with Crippen LogP contribution in [0, 0.1) is 0 Å². The van der Waals surface area contributed by atoms with Gasteiger partial charge in [0, 0.05) is 19.2 Å². The van der Waals surface area contributed by atoms with Crippen molar-refractivity contribution in [3.05, 3.63) is 35.4 Å². The first kappa shape index (κ1) is 11.6. The molecular formula is C14H21NO. The maximum atomic E-state index is 8.85. The molecule has 1 atom stereocenters. The molecule has 2 rings (SSSR count). The van der Waals surface area contributed by atoms with Crippen molar-refractivity contribution >= 4 is 0 Å². The summed E-state index contributed by atoms with van der Waals surface area (Å²) in [6.45, 7) is 3.31. The second-order valence-corrected chi connectivity index (χ2v) is 4.77. The van der Waals surface area contributed by atoms with E-state index in [1.807, 2.05) is 0 Å². The summed E-state index contributed by atoms with van der Waals surface area (Å²) in [5.74, 6) is 0.811. The lowest BCUT2D eigenvalue weighted by atomic mass is 10.0. The van der Waals surface area contributed by atoms with Crippen LogP contribution in [-0.2, 0) is 6.54 Å². The molecular weight excluding hydrogens is 198 g/mol. The van der Waals surface area contributed by atoms with Gasteiger partial charge in [0.15, 0.2) is 0 Å². The molecule has 0 aromatic heterocycles. The van der Waals surface area contributed by atoms with E-state index in [0.29, 0.717) is 6.04 Å². The molecule has 2 nitrogen and oxygen atoms in total. The van der Waals surface area contributed by atoms with Crippen molar-refractivity contribution in [3.63, 3.8) is 0 Å². The van der Waals surface area contributed by atoms with Gasteiger partial charge in [0.1, 0.15) is 0 Å². The van der Waals surface area contributed by atoms with Crippen molar-refractivity contribution < 1.29 is 5.11 Å². The summed E-state index contributed by atoms with van der Waals surface area (Å²) in [6.07, 6.45) is 3.53. The molecule has 2 N–H and O–H groups in total. The van der Waals surface area contributed by atoms with E-state index in [4.69, 9.17) is 5.11 Å². The van der Waals surface area contributed by atoms with Crippen molar-refractivity contribution in [1.29, 1.82) is 0 Å². The molecule has 88 valence electrons. The van der Waals surface area contributed by atoms with Gasteiger partial charge in [-0.2, -0.15) is 0 Å². The van der Waals surface area contributed by atoms with Crippen LogP contribution in [0.1, 0.15) is 43.2 Å². The van der Waals surface area contributed by atoms with Gasteiger partial charge < -0.3 is 10.4 Å². The van der Waals surface area contributed by atoms with Gasteiger partial charge >= 0.3 is 0 Å². The van der Waals surface area contributed by atoms with Crippen LogP contribution in [0.3, 0.4) is 0 Å². The van der Waals surface area contributed by atoms with Gasteiger partial charge in [0.2, 0.25) is 0 Å². The van der Waals surface area contributed by atoms with E-state index in [1.165, 1.54) is 24.0 Å². The number of hydrogen-bond acceptors (Lipinski definition) is 2. The molecule has 0 amide bonds. The van der Waals surface area contributed by atoms with Crippen LogP contribution in [0.5, 0.6) is 0 Å². The molecule has 1 aromatic rings. The summed E-state index contributed by atoms with van der Waals surface area (Å²) in [6, 6.07) is 9.10. The van der Waals surface area contributed by atoms with Crippen LogP contribution in [0.4, 0.5) is 0 Å². The lowest BCUT2D eigenvalue weighted by Gasteiger charge is -2.14. The van der Waals surface area contributed by atoms with E-state index in [1.54, 1.807) is 0 Å². The van der Waals surface area contributed by atoms with Gasteiger partial charge in [-0.25, -0.2) is 0 Å². The third-order valence-electron chi connectivity index (χ3n) is 3.28. The van der Waals surface area contributed by atoms with E-state index in [9.17, 15) is 0 Å². The zero-order valence-electron chi connectivity index (χ0n) is 9.95. The first-order valence-corrected chi connectivity index (χ1v) is 6.23. The first-order valence-electron chi connectivity index (χ1n) is 6.23. The van der Waals surface area contributed by atoms with Crippen molar-refractivity contribution in [1.82, 2.24) is 5.32 Å². The smallest absolute Gasteiger partial charge is 0.0445 e. The highest BCUT2D eigenvalue weighted by atomic mass is 16.3. The number of aliphatic hydroxyl groups is 1.